The molecule has 6 nitrogen and oxygen atoms in total. The van der Waals surface area contributed by atoms with E-state index in [1.54, 1.807) is 4.90 Å². The molecule has 138 valence electrons. The Morgan fingerprint density at radius 1 is 1.15 bits per heavy atom. The zero-order valence-electron chi connectivity index (χ0n) is 13.4. The van der Waals surface area contributed by atoms with E-state index in [1.807, 2.05) is 0 Å². The van der Waals surface area contributed by atoms with Crippen LogP contribution in [0.5, 0.6) is 0 Å². The lowest BCUT2D eigenvalue weighted by Crippen LogP contribution is -2.41. The van der Waals surface area contributed by atoms with Gasteiger partial charge in [-0.2, -0.15) is 13.2 Å². The third-order valence-corrected chi connectivity index (χ3v) is 4.06. The number of hydrogen-bond donors (Lipinski definition) is 1. The molecule has 0 bridgehead atoms. The van der Waals surface area contributed by atoms with Gasteiger partial charge in [0, 0.05) is 18.8 Å². The highest BCUT2D eigenvalue weighted by molar-refractivity contribution is 6.31. The monoisotopic (exact) mass is 386 g/mol. The molecule has 0 aliphatic carbocycles. The first-order chi connectivity index (χ1) is 12.3. The number of anilines is 2. The summed E-state index contributed by atoms with van der Waals surface area (Å²) in [5, 5.41) is 10.0. The molecule has 1 fully saturated rings. The highest BCUT2D eigenvalue weighted by Crippen LogP contribution is 2.36. The summed E-state index contributed by atoms with van der Waals surface area (Å²) in [6.07, 6.45) is -4.56. The fraction of sp³-hybridized carbons (Fsp3) is 0.312. The van der Waals surface area contributed by atoms with E-state index in [1.165, 1.54) is 18.2 Å². The quantitative estimate of drug-likeness (QED) is 0.876. The molecule has 1 aliphatic heterocycles. The number of carbonyl (C=O) groups excluding carboxylic acids is 1. The first-order valence-electron chi connectivity index (χ1n) is 7.69. The van der Waals surface area contributed by atoms with Gasteiger partial charge in [-0.3, -0.25) is 4.79 Å². The Kier molecular flexibility index (Phi) is 5.28. The van der Waals surface area contributed by atoms with E-state index in [0.717, 1.165) is 12.1 Å². The fourth-order valence-electron chi connectivity index (χ4n) is 2.41. The number of nitrogens with zero attached hydrogens (tertiary/aromatic N) is 3. The van der Waals surface area contributed by atoms with E-state index in [0.29, 0.717) is 26.3 Å². The molecular weight excluding hydrogens is 373 g/mol. The number of aromatic nitrogens is 2. The van der Waals surface area contributed by atoms with Gasteiger partial charge in [0.05, 0.1) is 23.8 Å². The van der Waals surface area contributed by atoms with Gasteiger partial charge in [0.2, 0.25) is 0 Å². The molecule has 1 aliphatic rings. The van der Waals surface area contributed by atoms with Crippen LogP contribution < -0.4 is 5.32 Å². The van der Waals surface area contributed by atoms with Crippen molar-refractivity contribution in [3.8, 4) is 0 Å². The summed E-state index contributed by atoms with van der Waals surface area (Å²) in [6, 6.07) is 6.37. The van der Waals surface area contributed by atoms with Crippen LogP contribution in [0.1, 0.15) is 16.1 Å². The third-order valence-electron chi connectivity index (χ3n) is 3.73. The molecule has 0 spiro atoms. The number of carbonyl (C=O) groups is 1. The average Bonchev–Trinajstić information content (AvgIpc) is 2.63. The number of rotatable bonds is 3. The van der Waals surface area contributed by atoms with Crippen LogP contribution in [0.2, 0.25) is 5.02 Å². The van der Waals surface area contributed by atoms with Crippen LogP contribution in [0.4, 0.5) is 24.7 Å². The molecule has 1 aromatic heterocycles. The van der Waals surface area contributed by atoms with Crippen LogP contribution in [0.15, 0.2) is 30.3 Å². The number of benzene rings is 1. The van der Waals surface area contributed by atoms with E-state index in [-0.39, 0.29) is 28.1 Å². The second-order valence-electron chi connectivity index (χ2n) is 5.53. The number of ether oxygens (including phenoxy) is 1. The Balaban J connectivity index is 1.72. The SMILES string of the molecule is O=C(c1ccc(Nc2ccc(Cl)c(C(F)(F)F)c2)nn1)N1CCOCC1. The number of halogens is 4. The molecule has 2 heterocycles. The predicted molar refractivity (Wildman–Crippen MR) is 88.5 cm³/mol. The molecule has 0 unspecified atom stereocenters. The van der Waals surface area contributed by atoms with Gasteiger partial charge in [-0.25, -0.2) is 0 Å². The lowest BCUT2D eigenvalue weighted by molar-refractivity contribution is -0.137. The first-order valence-corrected chi connectivity index (χ1v) is 8.07. The van der Waals surface area contributed by atoms with Crippen molar-refractivity contribution in [1.29, 1.82) is 0 Å². The molecular formula is C16H14ClF3N4O2. The molecule has 10 heteroatoms. The average molecular weight is 387 g/mol. The minimum Gasteiger partial charge on any atom is -0.378 e. The van der Waals surface area contributed by atoms with Gasteiger partial charge in [0.25, 0.3) is 5.91 Å². The van der Waals surface area contributed by atoms with Gasteiger partial charge in [-0.15, -0.1) is 10.2 Å². The molecule has 0 saturated carbocycles. The van der Waals surface area contributed by atoms with Gasteiger partial charge in [0.15, 0.2) is 11.5 Å². The zero-order chi connectivity index (χ0) is 18.7. The standard InChI is InChI=1S/C16H14ClF3N4O2/c17-12-2-1-10(9-11(12)16(18,19)20)21-14-4-3-13(22-23-14)15(25)24-5-7-26-8-6-24/h1-4,9H,5-8H2,(H,21,23). The van der Waals surface area contributed by atoms with E-state index in [4.69, 9.17) is 16.3 Å². The van der Waals surface area contributed by atoms with Gasteiger partial charge >= 0.3 is 6.18 Å². The minimum absolute atomic E-state index is 0.156. The van der Waals surface area contributed by atoms with E-state index >= 15 is 0 Å². The smallest absolute Gasteiger partial charge is 0.378 e. The van der Waals surface area contributed by atoms with Crippen LogP contribution in [0, 0.1) is 0 Å². The van der Waals surface area contributed by atoms with Gasteiger partial charge < -0.3 is 15.0 Å². The largest absolute Gasteiger partial charge is 0.417 e. The van der Waals surface area contributed by atoms with Crippen molar-refractivity contribution in [2.75, 3.05) is 31.6 Å². The van der Waals surface area contributed by atoms with Crippen LogP contribution in [-0.2, 0) is 10.9 Å². The van der Waals surface area contributed by atoms with Crippen molar-refractivity contribution < 1.29 is 22.7 Å². The van der Waals surface area contributed by atoms with Crippen molar-refractivity contribution in [1.82, 2.24) is 15.1 Å². The van der Waals surface area contributed by atoms with Crippen LogP contribution in [0.3, 0.4) is 0 Å². The molecule has 26 heavy (non-hydrogen) atoms. The van der Waals surface area contributed by atoms with Crippen LogP contribution in [0.25, 0.3) is 0 Å². The third kappa shape index (κ3) is 4.23. The van der Waals surface area contributed by atoms with Crippen LogP contribution >= 0.6 is 11.6 Å². The summed E-state index contributed by atoms with van der Waals surface area (Å²) in [5.41, 5.74) is -0.635. The topological polar surface area (TPSA) is 67.4 Å². The first kappa shape index (κ1) is 18.4. The highest BCUT2D eigenvalue weighted by Gasteiger charge is 2.33. The Bertz CT molecular complexity index is 793. The summed E-state index contributed by atoms with van der Waals surface area (Å²) in [5.74, 6) is -0.0582. The zero-order valence-corrected chi connectivity index (χ0v) is 14.1. The van der Waals surface area contributed by atoms with Crippen molar-refractivity contribution in [3.05, 3.63) is 46.6 Å². The Morgan fingerprint density at radius 3 is 2.50 bits per heavy atom. The second kappa shape index (κ2) is 7.46. The van der Waals surface area contributed by atoms with Crippen molar-refractivity contribution >= 4 is 29.0 Å². The molecule has 0 radical (unpaired) electrons. The minimum atomic E-state index is -4.56. The maximum absolute atomic E-state index is 12.9. The number of morpholine rings is 1. The number of nitrogens with one attached hydrogen (secondary N) is 1. The Hall–Kier alpha value is -2.39. The molecule has 0 atom stereocenters. The van der Waals surface area contributed by atoms with Crippen molar-refractivity contribution in [3.63, 3.8) is 0 Å². The van der Waals surface area contributed by atoms with E-state index in [2.05, 4.69) is 15.5 Å². The summed E-state index contributed by atoms with van der Waals surface area (Å²) in [4.78, 5) is 13.9. The lowest BCUT2D eigenvalue weighted by Gasteiger charge is -2.26. The van der Waals surface area contributed by atoms with Gasteiger partial charge in [0.1, 0.15) is 0 Å². The summed E-state index contributed by atoms with van der Waals surface area (Å²) >= 11 is 5.59. The maximum atomic E-state index is 12.9. The van der Waals surface area contributed by atoms with Crippen molar-refractivity contribution in [2.45, 2.75) is 6.18 Å². The second-order valence-corrected chi connectivity index (χ2v) is 5.93. The number of alkyl halides is 3. The lowest BCUT2D eigenvalue weighted by atomic mass is 10.2. The predicted octanol–water partition coefficient (Wildman–Crippen LogP) is 3.36. The molecule has 1 saturated heterocycles. The molecule has 3 rings (SSSR count). The normalized spacial score (nSPS) is 15.0. The van der Waals surface area contributed by atoms with Gasteiger partial charge in [-0.05, 0) is 30.3 Å². The molecule has 1 N–H and O–H groups in total. The number of amides is 1. The summed E-state index contributed by atoms with van der Waals surface area (Å²) in [6.45, 7) is 1.89. The molecule has 2 aromatic rings. The summed E-state index contributed by atoms with van der Waals surface area (Å²) in [7, 11) is 0. The Morgan fingerprint density at radius 2 is 1.88 bits per heavy atom. The molecule has 1 amide bonds. The maximum Gasteiger partial charge on any atom is 0.417 e. The van der Waals surface area contributed by atoms with Gasteiger partial charge in [-0.1, -0.05) is 11.6 Å². The van der Waals surface area contributed by atoms with E-state index < -0.39 is 11.7 Å². The number of hydrogen-bond acceptors (Lipinski definition) is 5. The molecule has 1 aromatic carbocycles. The Labute approximate surface area is 151 Å². The highest BCUT2D eigenvalue weighted by atomic mass is 35.5. The fourth-order valence-corrected chi connectivity index (χ4v) is 2.63. The van der Waals surface area contributed by atoms with Crippen LogP contribution in [-0.4, -0.2) is 47.3 Å². The van der Waals surface area contributed by atoms with Crippen molar-refractivity contribution in [2.24, 2.45) is 0 Å². The summed E-state index contributed by atoms with van der Waals surface area (Å²) < 4.78 is 43.9. The van der Waals surface area contributed by atoms with E-state index in [9.17, 15) is 18.0 Å².